The Kier molecular flexibility index (Phi) is 10.6. The average Bonchev–Trinajstić information content (AvgIpc) is 3.07. The van der Waals surface area contributed by atoms with E-state index in [1.807, 2.05) is 49.2 Å². The number of ether oxygens (including phenoxy) is 2. The van der Waals surface area contributed by atoms with Crippen LogP contribution in [0.1, 0.15) is 36.8 Å². The summed E-state index contributed by atoms with van der Waals surface area (Å²) in [5.41, 5.74) is 3.54. The fourth-order valence-electron chi connectivity index (χ4n) is 5.13. The number of Topliss-reactive ketones (excluding diaryl/α,β-unsaturated/α-hetero) is 1. The van der Waals surface area contributed by atoms with Gasteiger partial charge in [-0.2, -0.15) is 0 Å². The van der Waals surface area contributed by atoms with Crippen molar-refractivity contribution in [1.82, 2.24) is 19.9 Å². The minimum atomic E-state index is -4.08. The topological polar surface area (TPSA) is 136 Å². The molecule has 0 aliphatic carbocycles. The summed E-state index contributed by atoms with van der Waals surface area (Å²) in [6.07, 6.45) is 4.48. The van der Waals surface area contributed by atoms with Gasteiger partial charge in [0, 0.05) is 49.2 Å². The summed E-state index contributed by atoms with van der Waals surface area (Å²) in [7, 11) is 0.924. The predicted molar refractivity (Wildman–Crippen MR) is 183 cm³/mol. The first-order valence-electron chi connectivity index (χ1n) is 15.1. The maximum absolute atomic E-state index is 13.7. The Morgan fingerprint density at radius 1 is 0.894 bits per heavy atom. The first-order valence-corrected chi connectivity index (χ1v) is 16.6. The van der Waals surface area contributed by atoms with Crippen LogP contribution in [0.3, 0.4) is 0 Å². The number of hydrogen-bond donors (Lipinski definition) is 2. The molecule has 244 valence electrons. The molecule has 0 fully saturated rings. The highest BCUT2D eigenvalue weighted by molar-refractivity contribution is 7.92. The van der Waals surface area contributed by atoms with Crippen molar-refractivity contribution in [3.05, 3.63) is 102 Å². The molecule has 0 aliphatic rings. The van der Waals surface area contributed by atoms with E-state index < -0.39 is 10.0 Å². The Balaban J connectivity index is 1.31. The predicted octanol–water partition coefficient (Wildman–Crippen LogP) is 6.17. The highest BCUT2D eigenvalue weighted by Crippen LogP contribution is 2.32. The van der Waals surface area contributed by atoms with E-state index in [2.05, 4.69) is 25.0 Å². The largest absolute Gasteiger partial charge is 0.497 e. The molecule has 0 bridgehead atoms. The summed E-state index contributed by atoms with van der Waals surface area (Å²) in [5.74, 6) is 1.42. The van der Waals surface area contributed by atoms with E-state index in [0.717, 1.165) is 11.1 Å². The van der Waals surface area contributed by atoms with Crippen LogP contribution in [-0.2, 0) is 21.4 Å². The lowest BCUT2D eigenvalue weighted by atomic mass is 9.95. The van der Waals surface area contributed by atoms with Crippen LogP contribution in [0, 0.1) is 0 Å². The zero-order valence-corrected chi connectivity index (χ0v) is 27.6. The van der Waals surface area contributed by atoms with Crippen molar-refractivity contribution in [2.24, 2.45) is 0 Å². The fourth-order valence-corrected chi connectivity index (χ4v) is 6.20. The molecule has 0 aliphatic heterocycles. The van der Waals surface area contributed by atoms with Crippen molar-refractivity contribution in [1.29, 1.82) is 0 Å². The van der Waals surface area contributed by atoms with Crippen LogP contribution in [-0.4, -0.2) is 61.9 Å². The number of nitrogens with zero attached hydrogens (tertiary/aromatic N) is 4. The van der Waals surface area contributed by atoms with E-state index in [1.165, 1.54) is 6.07 Å². The number of hydrogen-bond acceptors (Lipinski definition) is 10. The van der Waals surface area contributed by atoms with Crippen LogP contribution in [0.5, 0.6) is 11.5 Å². The van der Waals surface area contributed by atoms with Crippen LogP contribution < -0.4 is 19.5 Å². The number of likely N-dealkylation sites (N-methyl/N-ethyl adjacent to an activating group) is 1. The molecular weight excluding hydrogens is 616 g/mol. The number of methoxy groups -OCH3 is 2. The average molecular weight is 655 g/mol. The Morgan fingerprint density at radius 2 is 1.60 bits per heavy atom. The minimum Gasteiger partial charge on any atom is -0.497 e. The third-order valence-electron chi connectivity index (χ3n) is 7.63. The number of sulfonamides is 1. The van der Waals surface area contributed by atoms with E-state index in [1.54, 1.807) is 69.1 Å². The Morgan fingerprint density at radius 3 is 2.26 bits per heavy atom. The number of aromatic nitrogens is 3. The summed E-state index contributed by atoms with van der Waals surface area (Å²) < 4.78 is 40.9. The first-order chi connectivity index (χ1) is 22.6. The standard InChI is InChI=1S/C35H38N6O5S/c1-24(14-15-28(42)23-41(2)22-25-9-8-16-36-21-25)26-10-7-11-31(17-26)47(43,44)40-35-34(38-32-12-5-6-13-33(32)39-35)37-27-18-29(45-3)20-30(19-27)46-4/h5-13,16-21,24H,14-15,22-23H2,1-4H3,(H,37,38)(H,39,40). The molecule has 2 N–H and O–H groups in total. The summed E-state index contributed by atoms with van der Waals surface area (Å²) in [6, 6.07) is 23.0. The third kappa shape index (κ3) is 8.81. The quantitative estimate of drug-likeness (QED) is 0.135. The Hall–Kier alpha value is -5.07. The van der Waals surface area contributed by atoms with Crippen molar-refractivity contribution in [3.8, 4) is 11.5 Å². The maximum atomic E-state index is 13.7. The normalized spacial score (nSPS) is 12.1. The number of anilines is 3. The van der Waals surface area contributed by atoms with Crippen molar-refractivity contribution in [3.63, 3.8) is 0 Å². The number of ketones is 1. The number of benzene rings is 3. The number of pyridine rings is 1. The highest BCUT2D eigenvalue weighted by Gasteiger charge is 2.21. The van der Waals surface area contributed by atoms with Gasteiger partial charge in [0.15, 0.2) is 11.6 Å². The van der Waals surface area contributed by atoms with Crippen LogP contribution in [0.15, 0.2) is 96.2 Å². The van der Waals surface area contributed by atoms with E-state index in [0.29, 0.717) is 54.2 Å². The summed E-state index contributed by atoms with van der Waals surface area (Å²) in [4.78, 5) is 28.2. The van der Waals surface area contributed by atoms with Crippen LogP contribution in [0.25, 0.3) is 11.0 Å². The van der Waals surface area contributed by atoms with Crippen molar-refractivity contribution in [2.75, 3.05) is 37.9 Å². The van der Waals surface area contributed by atoms with Crippen LogP contribution in [0.2, 0.25) is 0 Å². The molecule has 0 radical (unpaired) electrons. The molecule has 11 nitrogen and oxygen atoms in total. The maximum Gasteiger partial charge on any atom is 0.263 e. The third-order valence-corrected chi connectivity index (χ3v) is 8.97. The minimum absolute atomic E-state index is 0.0324. The molecule has 5 rings (SSSR count). The van der Waals surface area contributed by atoms with E-state index >= 15 is 0 Å². The number of carbonyl (C=O) groups is 1. The number of rotatable bonds is 15. The van der Waals surface area contributed by atoms with Gasteiger partial charge >= 0.3 is 0 Å². The zero-order chi connectivity index (χ0) is 33.4. The second-order valence-corrected chi connectivity index (χ2v) is 13.0. The van der Waals surface area contributed by atoms with Gasteiger partial charge in [-0.1, -0.05) is 37.3 Å². The number of fused-ring (bicyclic) bond motifs is 1. The van der Waals surface area contributed by atoms with Gasteiger partial charge in [-0.05, 0) is 60.8 Å². The molecular formula is C35H38N6O5S. The molecule has 1 unspecified atom stereocenters. The molecule has 2 aromatic heterocycles. The second kappa shape index (κ2) is 15.0. The summed E-state index contributed by atoms with van der Waals surface area (Å²) in [5, 5.41) is 3.17. The SMILES string of the molecule is COc1cc(Nc2nc3ccccc3nc2NS(=O)(=O)c2cccc(C(C)CCC(=O)CN(C)Cc3cccnc3)c2)cc(OC)c1. The Labute approximate surface area is 275 Å². The van der Waals surface area contributed by atoms with E-state index in [4.69, 9.17) is 9.47 Å². The zero-order valence-electron chi connectivity index (χ0n) is 26.8. The lowest BCUT2D eigenvalue weighted by molar-refractivity contribution is -0.120. The van der Waals surface area contributed by atoms with Gasteiger partial charge in [-0.25, -0.2) is 18.4 Å². The monoisotopic (exact) mass is 654 g/mol. The van der Waals surface area contributed by atoms with E-state index in [9.17, 15) is 13.2 Å². The van der Waals surface area contributed by atoms with Gasteiger partial charge in [-0.15, -0.1) is 0 Å². The van der Waals surface area contributed by atoms with Gasteiger partial charge in [0.1, 0.15) is 17.3 Å². The molecule has 0 saturated heterocycles. The summed E-state index contributed by atoms with van der Waals surface area (Å²) in [6.45, 7) is 2.95. The summed E-state index contributed by atoms with van der Waals surface area (Å²) >= 11 is 0. The molecule has 0 spiro atoms. The first kappa shape index (κ1) is 33.3. The second-order valence-electron chi connectivity index (χ2n) is 11.3. The van der Waals surface area contributed by atoms with Gasteiger partial charge in [0.05, 0.1) is 36.7 Å². The number of para-hydroxylation sites is 2. The van der Waals surface area contributed by atoms with Gasteiger partial charge in [0.25, 0.3) is 10.0 Å². The number of nitrogens with one attached hydrogen (secondary N) is 2. The molecule has 1 atom stereocenters. The van der Waals surface area contributed by atoms with Crippen LogP contribution >= 0.6 is 0 Å². The molecule has 3 aromatic carbocycles. The van der Waals surface area contributed by atoms with Crippen molar-refractivity contribution in [2.45, 2.75) is 37.1 Å². The molecule has 2 heterocycles. The lowest BCUT2D eigenvalue weighted by Gasteiger charge is -2.17. The van der Waals surface area contributed by atoms with Gasteiger partial charge in [0.2, 0.25) is 0 Å². The smallest absolute Gasteiger partial charge is 0.263 e. The van der Waals surface area contributed by atoms with E-state index in [-0.39, 0.29) is 28.2 Å². The molecule has 47 heavy (non-hydrogen) atoms. The Bertz CT molecular complexity index is 1930. The molecule has 0 saturated carbocycles. The fraction of sp³-hybridized carbons (Fsp3) is 0.257. The van der Waals surface area contributed by atoms with Gasteiger partial charge in [-0.3, -0.25) is 19.4 Å². The molecule has 0 amide bonds. The van der Waals surface area contributed by atoms with Crippen LogP contribution in [0.4, 0.5) is 17.3 Å². The highest BCUT2D eigenvalue weighted by atomic mass is 32.2. The van der Waals surface area contributed by atoms with Crippen molar-refractivity contribution >= 4 is 44.2 Å². The number of carbonyl (C=O) groups excluding carboxylic acids is 1. The lowest BCUT2D eigenvalue weighted by Crippen LogP contribution is -2.25. The van der Waals surface area contributed by atoms with Gasteiger partial charge < -0.3 is 14.8 Å². The molecule has 5 aromatic rings. The van der Waals surface area contributed by atoms with Crippen molar-refractivity contribution < 1.29 is 22.7 Å². The molecule has 12 heteroatoms.